The summed E-state index contributed by atoms with van der Waals surface area (Å²) in [6.07, 6.45) is -4.76. The number of halogens is 3. The van der Waals surface area contributed by atoms with Gasteiger partial charge in [0.25, 0.3) is 5.91 Å². The molecule has 0 saturated heterocycles. The summed E-state index contributed by atoms with van der Waals surface area (Å²) in [5.41, 5.74) is 2.69. The van der Waals surface area contributed by atoms with Crippen molar-refractivity contribution in [1.29, 1.82) is 5.26 Å². The molecule has 0 atom stereocenters. The Labute approximate surface area is 180 Å². The number of nitrogens with zero attached hydrogens (tertiary/aromatic N) is 2. The van der Waals surface area contributed by atoms with E-state index >= 15 is 0 Å². The van der Waals surface area contributed by atoms with Crippen LogP contribution in [-0.4, -0.2) is 22.6 Å². The maximum absolute atomic E-state index is 13.5. The molecule has 0 unspecified atom stereocenters. The number of carbonyl (C=O) groups excluding carboxylic acids is 2. The van der Waals surface area contributed by atoms with Gasteiger partial charge < -0.3 is 0 Å². The van der Waals surface area contributed by atoms with Crippen molar-refractivity contribution in [2.75, 3.05) is 5.75 Å². The predicted molar refractivity (Wildman–Crippen MR) is 108 cm³/mol. The molecule has 0 aliphatic heterocycles. The molecule has 0 fully saturated rings. The topological polar surface area (TPSA) is 94.9 Å². The molecule has 3 aromatic rings. The normalized spacial score (nSPS) is 11.0. The molecule has 30 heavy (non-hydrogen) atoms. The Morgan fingerprint density at radius 3 is 2.50 bits per heavy atom. The van der Waals surface area contributed by atoms with Crippen LogP contribution < -0.4 is 10.9 Å². The third-order valence-electron chi connectivity index (χ3n) is 3.58. The van der Waals surface area contributed by atoms with Crippen LogP contribution >= 0.6 is 34.4 Å². The molecule has 2 N–H and O–H groups in total. The summed E-state index contributed by atoms with van der Waals surface area (Å²) in [7, 11) is 0. The van der Waals surface area contributed by atoms with Gasteiger partial charge in [-0.3, -0.25) is 20.4 Å². The fourth-order valence-corrected chi connectivity index (χ4v) is 4.38. The fraction of sp³-hybridized carbons (Fsp3) is 0.111. The summed E-state index contributed by atoms with van der Waals surface area (Å²) in [6, 6.07) is 8.89. The Hall–Kier alpha value is -2.88. The molecule has 0 aromatic carbocycles. The highest BCUT2D eigenvalue weighted by atomic mass is 32.2. The molecule has 0 radical (unpaired) electrons. The summed E-state index contributed by atoms with van der Waals surface area (Å²) in [5.74, 6) is -1.53. The van der Waals surface area contributed by atoms with E-state index in [4.69, 9.17) is 0 Å². The Balaban J connectivity index is 1.77. The van der Waals surface area contributed by atoms with Crippen molar-refractivity contribution < 1.29 is 22.8 Å². The molecular weight excluding hydrogens is 457 g/mol. The van der Waals surface area contributed by atoms with Crippen molar-refractivity contribution in [1.82, 2.24) is 15.8 Å². The molecule has 0 saturated carbocycles. The van der Waals surface area contributed by atoms with Crippen molar-refractivity contribution in [3.63, 3.8) is 0 Å². The van der Waals surface area contributed by atoms with Crippen molar-refractivity contribution in [3.8, 4) is 16.6 Å². The first kappa shape index (κ1) is 21.8. The lowest BCUT2D eigenvalue weighted by atomic mass is 10.1. The Bertz CT molecular complexity index is 1090. The summed E-state index contributed by atoms with van der Waals surface area (Å²) in [6.45, 7) is 0. The summed E-state index contributed by atoms with van der Waals surface area (Å²) >= 11 is 3.07. The van der Waals surface area contributed by atoms with Gasteiger partial charge in [0.05, 0.1) is 32.3 Å². The summed E-state index contributed by atoms with van der Waals surface area (Å²) in [4.78, 5) is 28.9. The van der Waals surface area contributed by atoms with E-state index in [2.05, 4.69) is 15.8 Å². The van der Waals surface area contributed by atoms with Gasteiger partial charge in [-0.25, -0.2) is 4.98 Å². The molecule has 3 aromatic heterocycles. The first-order chi connectivity index (χ1) is 14.3. The van der Waals surface area contributed by atoms with Crippen molar-refractivity contribution in [2.45, 2.75) is 11.2 Å². The van der Waals surface area contributed by atoms with Gasteiger partial charge in [-0.2, -0.15) is 18.4 Å². The monoisotopic (exact) mass is 468 g/mol. The predicted octanol–water partition coefficient (Wildman–Crippen LogP) is 4.32. The molecule has 6 nitrogen and oxygen atoms in total. The van der Waals surface area contributed by atoms with E-state index in [1.165, 1.54) is 28.7 Å². The van der Waals surface area contributed by atoms with Gasteiger partial charge in [0.2, 0.25) is 5.91 Å². The van der Waals surface area contributed by atoms with Crippen molar-refractivity contribution >= 4 is 46.2 Å². The fourth-order valence-electron chi connectivity index (χ4n) is 2.27. The van der Waals surface area contributed by atoms with Gasteiger partial charge >= 0.3 is 6.18 Å². The minimum Gasteiger partial charge on any atom is -0.272 e. The van der Waals surface area contributed by atoms with Crippen LogP contribution in [0.5, 0.6) is 0 Å². The number of hydrogen-bond donors (Lipinski definition) is 2. The van der Waals surface area contributed by atoms with Crippen LogP contribution in [-0.2, 0) is 11.0 Å². The maximum atomic E-state index is 13.5. The highest BCUT2D eigenvalue weighted by Gasteiger charge is 2.36. The second-order valence-corrected chi connectivity index (χ2v) is 8.45. The lowest BCUT2D eigenvalue weighted by Crippen LogP contribution is -2.42. The SMILES string of the molecule is N#Cc1c(C(F)(F)F)cc(-c2cccs2)nc1SCC(=O)NNC(=O)c1cccs1. The number of rotatable bonds is 5. The minimum atomic E-state index is -4.76. The van der Waals surface area contributed by atoms with Crippen molar-refractivity contribution in [3.05, 3.63) is 57.1 Å². The van der Waals surface area contributed by atoms with Gasteiger partial charge in [-0.15, -0.1) is 22.7 Å². The molecule has 0 aliphatic carbocycles. The van der Waals surface area contributed by atoms with Crippen LogP contribution in [0.1, 0.15) is 20.8 Å². The summed E-state index contributed by atoms with van der Waals surface area (Å²) in [5, 5.41) is 12.4. The number of pyridine rings is 1. The average molecular weight is 469 g/mol. The molecular formula is C18H11F3N4O2S3. The molecule has 3 heterocycles. The number of thioether (sulfide) groups is 1. The molecule has 154 valence electrons. The number of carbonyl (C=O) groups is 2. The average Bonchev–Trinajstić information content (AvgIpc) is 3.43. The van der Waals surface area contributed by atoms with Crippen molar-refractivity contribution in [2.24, 2.45) is 0 Å². The van der Waals surface area contributed by atoms with Gasteiger partial charge in [-0.1, -0.05) is 23.9 Å². The number of hydrazine groups is 1. The largest absolute Gasteiger partial charge is 0.417 e. The zero-order chi connectivity index (χ0) is 21.7. The third kappa shape index (κ3) is 5.18. The second kappa shape index (κ2) is 9.29. The van der Waals surface area contributed by atoms with Gasteiger partial charge in [0, 0.05) is 0 Å². The lowest BCUT2D eigenvalue weighted by Gasteiger charge is -2.13. The maximum Gasteiger partial charge on any atom is 0.417 e. The molecule has 0 aliphatic rings. The van der Waals surface area contributed by atoms with E-state index in [1.807, 2.05) is 0 Å². The zero-order valence-electron chi connectivity index (χ0n) is 14.8. The quantitative estimate of drug-likeness (QED) is 0.430. The van der Waals surface area contributed by atoms with E-state index in [0.717, 1.165) is 6.07 Å². The van der Waals surface area contributed by atoms with E-state index in [1.54, 1.807) is 35.0 Å². The number of alkyl halides is 3. The smallest absolute Gasteiger partial charge is 0.272 e. The number of hydrogen-bond acceptors (Lipinski definition) is 7. The van der Waals surface area contributed by atoms with Crippen LogP contribution in [0.2, 0.25) is 0 Å². The second-order valence-electron chi connectivity index (χ2n) is 5.59. The van der Waals surface area contributed by atoms with Gasteiger partial charge in [0.1, 0.15) is 11.1 Å². The highest BCUT2D eigenvalue weighted by molar-refractivity contribution is 8.00. The Morgan fingerprint density at radius 1 is 1.17 bits per heavy atom. The van der Waals surface area contributed by atoms with Gasteiger partial charge in [-0.05, 0) is 29.0 Å². The zero-order valence-corrected chi connectivity index (χ0v) is 17.3. The molecule has 0 spiro atoms. The first-order valence-corrected chi connectivity index (χ1v) is 10.9. The molecule has 0 bridgehead atoms. The van der Waals surface area contributed by atoms with Gasteiger partial charge in [0.15, 0.2) is 0 Å². The molecule has 12 heteroatoms. The van der Waals surface area contributed by atoms with E-state index in [9.17, 15) is 28.0 Å². The standard InChI is InChI=1S/C18H11F3N4O2S3/c19-18(20,21)11-7-12(13-3-1-5-28-13)23-17(10(11)8-22)30-9-15(26)24-25-16(27)14-4-2-6-29-14/h1-7H,9H2,(H,24,26)(H,25,27). The van der Waals surface area contributed by atoms with Crippen LogP contribution in [0.25, 0.3) is 10.6 Å². The van der Waals surface area contributed by atoms with Crippen LogP contribution in [0, 0.1) is 11.3 Å². The van der Waals surface area contributed by atoms with E-state index in [-0.39, 0.29) is 16.5 Å². The molecule has 3 rings (SSSR count). The third-order valence-corrected chi connectivity index (χ3v) is 6.31. The van der Waals surface area contributed by atoms with E-state index in [0.29, 0.717) is 21.5 Å². The summed E-state index contributed by atoms with van der Waals surface area (Å²) < 4.78 is 40.4. The number of nitrogens with one attached hydrogen (secondary N) is 2. The minimum absolute atomic E-state index is 0.0604. The molecule has 2 amide bonds. The number of thiophene rings is 2. The number of amides is 2. The van der Waals surface area contributed by atoms with E-state index < -0.39 is 29.1 Å². The Kier molecular flexibility index (Phi) is 6.76. The number of aromatic nitrogens is 1. The Morgan fingerprint density at radius 2 is 1.90 bits per heavy atom. The van der Waals surface area contributed by atoms with Crippen LogP contribution in [0.3, 0.4) is 0 Å². The first-order valence-electron chi connectivity index (χ1n) is 8.11. The van der Waals surface area contributed by atoms with Crippen LogP contribution in [0.15, 0.2) is 46.1 Å². The highest BCUT2D eigenvalue weighted by Crippen LogP contribution is 2.38. The number of nitriles is 1. The van der Waals surface area contributed by atoms with Crippen LogP contribution in [0.4, 0.5) is 13.2 Å². The lowest BCUT2D eigenvalue weighted by molar-refractivity contribution is -0.138.